The number of rotatable bonds is 2. The second-order valence-corrected chi connectivity index (χ2v) is 8.79. The molecule has 0 unspecified atom stereocenters. The Morgan fingerprint density at radius 1 is 1.38 bits per heavy atom. The van der Waals surface area contributed by atoms with Crippen molar-refractivity contribution < 1.29 is 4.79 Å². The minimum absolute atomic E-state index is 0.117. The molecule has 4 heterocycles. The highest BCUT2D eigenvalue weighted by atomic mass is 79.9. The van der Waals surface area contributed by atoms with Crippen LogP contribution in [-0.2, 0) is 13.0 Å². The number of nitrogens with one attached hydrogen (secondary N) is 2. The van der Waals surface area contributed by atoms with E-state index in [0.717, 1.165) is 43.9 Å². The average molecular weight is 469 g/mol. The fourth-order valence-corrected chi connectivity index (χ4v) is 4.76. The summed E-state index contributed by atoms with van der Waals surface area (Å²) in [5, 5.41) is 14.2. The molecule has 1 aliphatic heterocycles. The van der Waals surface area contributed by atoms with Gasteiger partial charge < -0.3 is 10.2 Å². The van der Waals surface area contributed by atoms with Crippen molar-refractivity contribution in [2.45, 2.75) is 19.9 Å². The zero-order valence-electron chi connectivity index (χ0n) is 15.6. The van der Waals surface area contributed by atoms with E-state index in [9.17, 15) is 4.79 Å². The molecule has 2 amide bonds. The molecule has 0 fully saturated rings. The number of amides is 2. The molecule has 2 N–H and O–H groups in total. The SMILES string of the molecule is Cc1nc(-c2cccc(NC(=O)N3CCc4c(cnc5n[nH]c(Br)c45)C3)c2)cs1. The molecule has 0 bridgehead atoms. The van der Waals surface area contributed by atoms with Gasteiger partial charge in [-0.1, -0.05) is 12.1 Å². The van der Waals surface area contributed by atoms with Crippen LogP contribution in [0, 0.1) is 6.92 Å². The summed E-state index contributed by atoms with van der Waals surface area (Å²) >= 11 is 5.12. The third-order valence-electron chi connectivity index (χ3n) is 5.04. The van der Waals surface area contributed by atoms with Crippen LogP contribution in [0.15, 0.2) is 40.4 Å². The van der Waals surface area contributed by atoms with E-state index >= 15 is 0 Å². The Morgan fingerprint density at radius 2 is 2.28 bits per heavy atom. The van der Waals surface area contributed by atoms with Crippen molar-refractivity contribution in [3.63, 3.8) is 0 Å². The Bertz CT molecular complexity index is 1230. The third kappa shape index (κ3) is 3.40. The van der Waals surface area contributed by atoms with Gasteiger partial charge in [-0.15, -0.1) is 11.3 Å². The van der Waals surface area contributed by atoms with E-state index in [4.69, 9.17) is 0 Å². The fourth-order valence-electron chi connectivity index (χ4n) is 3.63. The van der Waals surface area contributed by atoms with Crippen molar-refractivity contribution in [2.75, 3.05) is 11.9 Å². The summed E-state index contributed by atoms with van der Waals surface area (Å²) in [4.78, 5) is 23.6. The van der Waals surface area contributed by atoms with Gasteiger partial charge in [0.2, 0.25) is 0 Å². The molecule has 0 aliphatic carbocycles. The van der Waals surface area contributed by atoms with E-state index < -0.39 is 0 Å². The second kappa shape index (κ2) is 7.23. The highest BCUT2D eigenvalue weighted by molar-refractivity contribution is 9.10. The number of carbonyl (C=O) groups is 1. The van der Waals surface area contributed by atoms with Crippen LogP contribution in [0.4, 0.5) is 10.5 Å². The molecular weight excluding hydrogens is 452 g/mol. The summed E-state index contributed by atoms with van der Waals surface area (Å²) in [6, 6.07) is 7.67. The van der Waals surface area contributed by atoms with Crippen LogP contribution < -0.4 is 5.32 Å². The summed E-state index contributed by atoms with van der Waals surface area (Å²) in [7, 11) is 0. The molecule has 146 valence electrons. The fraction of sp³-hybridized carbons (Fsp3) is 0.200. The number of pyridine rings is 1. The number of aromatic nitrogens is 4. The second-order valence-electron chi connectivity index (χ2n) is 6.93. The minimum atomic E-state index is -0.117. The highest BCUT2D eigenvalue weighted by Crippen LogP contribution is 2.30. The molecule has 5 rings (SSSR count). The topological polar surface area (TPSA) is 86.8 Å². The summed E-state index contributed by atoms with van der Waals surface area (Å²) in [6.07, 6.45) is 2.58. The summed E-state index contributed by atoms with van der Waals surface area (Å²) in [5.74, 6) is 0. The van der Waals surface area contributed by atoms with Gasteiger partial charge in [-0.3, -0.25) is 5.10 Å². The van der Waals surface area contributed by atoms with Crippen LogP contribution in [0.3, 0.4) is 0 Å². The van der Waals surface area contributed by atoms with Crippen molar-refractivity contribution in [3.8, 4) is 11.3 Å². The lowest BCUT2D eigenvalue weighted by atomic mass is 9.99. The van der Waals surface area contributed by atoms with Crippen LogP contribution >= 0.6 is 27.3 Å². The van der Waals surface area contributed by atoms with Gasteiger partial charge in [-0.2, -0.15) is 5.10 Å². The number of fused-ring (bicyclic) bond motifs is 3. The molecule has 1 aromatic carbocycles. The Balaban J connectivity index is 1.35. The lowest BCUT2D eigenvalue weighted by Gasteiger charge is -2.29. The van der Waals surface area contributed by atoms with E-state index in [-0.39, 0.29) is 6.03 Å². The van der Waals surface area contributed by atoms with E-state index in [2.05, 4.69) is 41.4 Å². The molecule has 1 aliphatic rings. The minimum Gasteiger partial charge on any atom is -0.320 e. The van der Waals surface area contributed by atoms with Gasteiger partial charge in [0.25, 0.3) is 0 Å². The number of urea groups is 1. The van der Waals surface area contributed by atoms with E-state index in [0.29, 0.717) is 18.7 Å². The van der Waals surface area contributed by atoms with Crippen LogP contribution in [0.2, 0.25) is 0 Å². The first-order valence-electron chi connectivity index (χ1n) is 9.17. The molecule has 0 saturated heterocycles. The molecule has 0 radical (unpaired) electrons. The number of aromatic amines is 1. The third-order valence-corrected chi connectivity index (χ3v) is 6.39. The van der Waals surface area contributed by atoms with Gasteiger partial charge in [0.1, 0.15) is 4.60 Å². The largest absolute Gasteiger partial charge is 0.322 e. The zero-order chi connectivity index (χ0) is 20.0. The number of benzene rings is 1. The van der Waals surface area contributed by atoms with Crippen molar-refractivity contribution >= 4 is 50.0 Å². The highest BCUT2D eigenvalue weighted by Gasteiger charge is 2.24. The number of hydrogen-bond donors (Lipinski definition) is 2. The molecule has 4 aromatic rings. The smallest absolute Gasteiger partial charge is 0.320 e. The lowest BCUT2D eigenvalue weighted by molar-refractivity contribution is 0.206. The Kier molecular flexibility index (Phi) is 4.56. The Labute approximate surface area is 179 Å². The first kappa shape index (κ1) is 18.3. The van der Waals surface area contributed by atoms with Crippen LogP contribution in [0.25, 0.3) is 22.3 Å². The first-order chi connectivity index (χ1) is 14.1. The molecule has 9 heteroatoms. The Morgan fingerprint density at radius 3 is 3.10 bits per heavy atom. The summed E-state index contributed by atoms with van der Waals surface area (Å²) in [6.45, 7) is 3.14. The van der Waals surface area contributed by atoms with Gasteiger partial charge in [0.15, 0.2) is 5.65 Å². The predicted octanol–water partition coefficient (Wildman–Crippen LogP) is 4.74. The number of carbonyl (C=O) groups excluding carboxylic acids is 1. The number of nitrogens with zero attached hydrogens (tertiary/aromatic N) is 4. The number of halogens is 1. The molecule has 0 saturated carbocycles. The molecule has 0 atom stereocenters. The van der Waals surface area contributed by atoms with Gasteiger partial charge in [-0.25, -0.2) is 14.8 Å². The Hall–Kier alpha value is -2.78. The number of thiazole rings is 1. The molecule has 29 heavy (non-hydrogen) atoms. The summed E-state index contributed by atoms with van der Waals surface area (Å²) < 4.78 is 0.837. The van der Waals surface area contributed by atoms with Gasteiger partial charge >= 0.3 is 6.03 Å². The van der Waals surface area contributed by atoms with Crippen LogP contribution in [0.1, 0.15) is 16.1 Å². The van der Waals surface area contributed by atoms with Crippen LogP contribution in [0.5, 0.6) is 0 Å². The number of aryl methyl sites for hydroxylation is 1. The van der Waals surface area contributed by atoms with Gasteiger partial charge in [0, 0.05) is 35.9 Å². The maximum atomic E-state index is 12.9. The van der Waals surface area contributed by atoms with E-state index in [1.165, 1.54) is 5.56 Å². The molecular formula is C20H17BrN6OS. The first-order valence-corrected chi connectivity index (χ1v) is 10.8. The van der Waals surface area contributed by atoms with Crippen molar-refractivity contribution in [3.05, 3.63) is 56.6 Å². The zero-order valence-corrected chi connectivity index (χ0v) is 18.0. The number of H-pyrrole nitrogens is 1. The molecule has 7 nitrogen and oxygen atoms in total. The summed E-state index contributed by atoms with van der Waals surface area (Å²) in [5.41, 5.74) is 5.62. The van der Waals surface area contributed by atoms with Crippen molar-refractivity contribution in [2.24, 2.45) is 0 Å². The van der Waals surface area contributed by atoms with Gasteiger partial charge in [-0.05, 0) is 52.5 Å². The van der Waals surface area contributed by atoms with Gasteiger partial charge in [0.05, 0.1) is 16.1 Å². The normalized spacial score (nSPS) is 13.5. The van der Waals surface area contributed by atoms with E-state index in [1.807, 2.05) is 47.7 Å². The number of anilines is 1. The predicted molar refractivity (Wildman–Crippen MR) is 117 cm³/mol. The lowest BCUT2D eigenvalue weighted by Crippen LogP contribution is -2.39. The maximum absolute atomic E-state index is 12.9. The molecule has 3 aromatic heterocycles. The monoisotopic (exact) mass is 468 g/mol. The average Bonchev–Trinajstić information content (AvgIpc) is 3.34. The van der Waals surface area contributed by atoms with Crippen molar-refractivity contribution in [1.82, 2.24) is 25.1 Å². The maximum Gasteiger partial charge on any atom is 0.322 e. The van der Waals surface area contributed by atoms with Crippen molar-refractivity contribution in [1.29, 1.82) is 0 Å². The molecule has 0 spiro atoms. The van der Waals surface area contributed by atoms with Crippen LogP contribution in [-0.4, -0.2) is 37.6 Å². The van der Waals surface area contributed by atoms with E-state index in [1.54, 1.807) is 11.3 Å². The quantitative estimate of drug-likeness (QED) is 0.444. The standard InChI is InChI=1S/C20H17BrN6OS/c1-11-23-16(10-29-11)12-3-2-4-14(7-12)24-20(28)27-6-5-15-13(9-27)8-22-19-17(15)18(21)25-26-19/h2-4,7-8,10H,5-6,9H2,1H3,(H,24,28)(H,22,25,26). The number of hydrogen-bond acceptors (Lipinski definition) is 5.